The maximum atomic E-state index is 13.6. The van der Waals surface area contributed by atoms with E-state index in [0.717, 1.165) is 22.3 Å². The Balaban J connectivity index is 1.63. The first-order valence-corrected chi connectivity index (χ1v) is 9.66. The van der Waals surface area contributed by atoms with Crippen molar-refractivity contribution in [3.05, 3.63) is 71.5 Å². The molecular weight excluding hydrogens is 347 g/mol. The molecule has 0 aliphatic heterocycles. The van der Waals surface area contributed by atoms with Crippen molar-refractivity contribution in [3.8, 4) is 10.6 Å². The maximum absolute atomic E-state index is 13.6. The fourth-order valence-electron chi connectivity index (χ4n) is 2.19. The van der Waals surface area contributed by atoms with E-state index >= 15 is 0 Å². The van der Waals surface area contributed by atoms with Crippen molar-refractivity contribution in [1.29, 1.82) is 0 Å². The van der Waals surface area contributed by atoms with E-state index in [-0.39, 0.29) is 11.4 Å². The van der Waals surface area contributed by atoms with E-state index in [9.17, 15) is 12.8 Å². The third-order valence-corrected chi connectivity index (χ3v) is 5.81. The van der Waals surface area contributed by atoms with Gasteiger partial charge in [-0.1, -0.05) is 42.5 Å². The summed E-state index contributed by atoms with van der Waals surface area (Å²) in [5, 5.41) is 2.79. The summed E-state index contributed by atoms with van der Waals surface area (Å²) in [6, 6.07) is 15.1. The van der Waals surface area contributed by atoms with Crippen LogP contribution in [0, 0.1) is 5.82 Å². The van der Waals surface area contributed by atoms with Gasteiger partial charge in [-0.15, -0.1) is 11.3 Å². The number of rotatable bonds is 6. The van der Waals surface area contributed by atoms with Crippen molar-refractivity contribution < 1.29 is 12.8 Å². The van der Waals surface area contributed by atoms with Crippen LogP contribution in [-0.4, -0.2) is 19.9 Å². The van der Waals surface area contributed by atoms with Crippen molar-refractivity contribution in [2.75, 3.05) is 6.54 Å². The second-order valence-electron chi connectivity index (χ2n) is 5.09. The molecule has 4 nitrogen and oxygen atoms in total. The summed E-state index contributed by atoms with van der Waals surface area (Å²) in [4.78, 5) is 4.16. The van der Waals surface area contributed by atoms with Crippen LogP contribution >= 0.6 is 11.3 Å². The van der Waals surface area contributed by atoms with Gasteiger partial charge in [0.1, 0.15) is 15.7 Å². The van der Waals surface area contributed by atoms with Gasteiger partial charge in [0.05, 0.1) is 5.69 Å². The Morgan fingerprint density at radius 1 is 1.04 bits per heavy atom. The van der Waals surface area contributed by atoms with E-state index < -0.39 is 15.8 Å². The molecule has 0 fully saturated rings. The van der Waals surface area contributed by atoms with Crippen LogP contribution in [0.2, 0.25) is 0 Å². The lowest BCUT2D eigenvalue weighted by Gasteiger charge is -2.06. The molecule has 0 aliphatic carbocycles. The first kappa shape index (κ1) is 16.8. The minimum absolute atomic E-state index is 0.161. The lowest BCUT2D eigenvalue weighted by atomic mass is 10.2. The van der Waals surface area contributed by atoms with E-state index in [2.05, 4.69) is 9.71 Å². The molecule has 0 radical (unpaired) electrons. The van der Waals surface area contributed by atoms with Crippen LogP contribution in [0.15, 0.2) is 64.9 Å². The van der Waals surface area contributed by atoms with Crippen LogP contribution in [-0.2, 0) is 16.4 Å². The molecule has 0 bridgehead atoms. The van der Waals surface area contributed by atoms with Crippen LogP contribution < -0.4 is 4.72 Å². The monoisotopic (exact) mass is 362 g/mol. The molecule has 124 valence electrons. The zero-order chi connectivity index (χ0) is 17.0. The second kappa shape index (κ2) is 7.21. The van der Waals surface area contributed by atoms with E-state index in [1.165, 1.54) is 29.5 Å². The Labute approximate surface area is 144 Å². The fourth-order valence-corrected chi connectivity index (χ4v) is 4.16. The molecule has 0 saturated carbocycles. The number of aromatic nitrogens is 1. The minimum atomic E-state index is -3.86. The van der Waals surface area contributed by atoms with Crippen molar-refractivity contribution >= 4 is 21.4 Å². The van der Waals surface area contributed by atoms with Crippen molar-refractivity contribution in [3.63, 3.8) is 0 Å². The highest BCUT2D eigenvalue weighted by molar-refractivity contribution is 7.89. The quantitative estimate of drug-likeness (QED) is 0.730. The van der Waals surface area contributed by atoms with E-state index in [1.807, 2.05) is 35.7 Å². The van der Waals surface area contributed by atoms with Crippen LogP contribution in [0.3, 0.4) is 0 Å². The van der Waals surface area contributed by atoms with Gasteiger partial charge in [-0.05, 0) is 12.1 Å². The van der Waals surface area contributed by atoms with Crippen LogP contribution in [0.4, 0.5) is 4.39 Å². The molecule has 1 N–H and O–H groups in total. The van der Waals surface area contributed by atoms with Gasteiger partial charge >= 0.3 is 0 Å². The topological polar surface area (TPSA) is 59.1 Å². The number of hydrogen-bond acceptors (Lipinski definition) is 4. The SMILES string of the molecule is O=S(=O)(NCCc1csc(-c2ccccc2)n1)c1ccccc1F. The summed E-state index contributed by atoms with van der Waals surface area (Å²) in [7, 11) is -3.86. The predicted octanol–water partition coefficient (Wildman–Crippen LogP) is 3.47. The lowest BCUT2D eigenvalue weighted by Crippen LogP contribution is -2.26. The second-order valence-corrected chi connectivity index (χ2v) is 7.68. The number of nitrogens with one attached hydrogen (secondary N) is 1. The summed E-state index contributed by atoms with van der Waals surface area (Å²) in [5.74, 6) is -0.759. The molecule has 3 aromatic rings. The normalized spacial score (nSPS) is 11.5. The van der Waals surface area contributed by atoms with Crippen LogP contribution in [0.25, 0.3) is 10.6 Å². The predicted molar refractivity (Wildman–Crippen MR) is 92.8 cm³/mol. The van der Waals surface area contributed by atoms with Gasteiger partial charge in [-0.3, -0.25) is 0 Å². The summed E-state index contributed by atoms with van der Waals surface area (Å²) < 4.78 is 40.2. The smallest absolute Gasteiger partial charge is 0.241 e. The molecule has 24 heavy (non-hydrogen) atoms. The average molecular weight is 362 g/mol. The Kier molecular flexibility index (Phi) is 5.03. The summed E-state index contributed by atoms with van der Waals surface area (Å²) in [5.41, 5.74) is 1.83. The summed E-state index contributed by atoms with van der Waals surface area (Å²) in [6.45, 7) is 0.161. The van der Waals surface area contributed by atoms with Gasteiger partial charge in [0.25, 0.3) is 0 Å². The summed E-state index contributed by atoms with van der Waals surface area (Å²) in [6.07, 6.45) is 0.441. The largest absolute Gasteiger partial charge is 0.243 e. The highest BCUT2D eigenvalue weighted by Crippen LogP contribution is 2.23. The minimum Gasteiger partial charge on any atom is -0.241 e. The molecule has 0 aliphatic rings. The van der Waals surface area contributed by atoms with Crippen LogP contribution in [0.5, 0.6) is 0 Å². The lowest BCUT2D eigenvalue weighted by molar-refractivity contribution is 0.557. The zero-order valence-electron chi connectivity index (χ0n) is 12.6. The molecule has 0 amide bonds. The molecule has 1 heterocycles. The van der Waals surface area contributed by atoms with Gasteiger partial charge in [-0.25, -0.2) is 22.5 Å². The van der Waals surface area contributed by atoms with Crippen molar-refractivity contribution in [2.24, 2.45) is 0 Å². The van der Waals surface area contributed by atoms with Gasteiger partial charge in [0, 0.05) is 23.9 Å². The van der Waals surface area contributed by atoms with Gasteiger partial charge in [0.2, 0.25) is 10.0 Å². The Bertz CT molecular complexity index is 925. The maximum Gasteiger partial charge on any atom is 0.243 e. The van der Waals surface area contributed by atoms with Crippen molar-refractivity contribution in [2.45, 2.75) is 11.3 Å². The third kappa shape index (κ3) is 3.87. The molecule has 1 aromatic heterocycles. The van der Waals surface area contributed by atoms with Gasteiger partial charge < -0.3 is 0 Å². The fraction of sp³-hybridized carbons (Fsp3) is 0.118. The van der Waals surface area contributed by atoms with Gasteiger partial charge in [0.15, 0.2) is 0 Å². The van der Waals surface area contributed by atoms with E-state index in [0.29, 0.717) is 6.42 Å². The van der Waals surface area contributed by atoms with E-state index in [4.69, 9.17) is 0 Å². The van der Waals surface area contributed by atoms with Crippen molar-refractivity contribution in [1.82, 2.24) is 9.71 Å². The number of hydrogen-bond donors (Lipinski definition) is 1. The Morgan fingerprint density at radius 2 is 1.75 bits per heavy atom. The molecule has 0 unspecified atom stereocenters. The molecule has 7 heteroatoms. The molecular formula is C17H15FN2O2S2. The highest BCUT2D eigenvalue weighted by Gasteiger charge is 2.17. The first-order valence-electron chi connectivity index (χ1n) is 7.30. The molecule has 3 rings (SSSR count). The number of nitrogens with zero attached hydrogens (tertiary/aromatic N) is 1. The molecule has 2 aromatic carbocycles. The Hall–Kier alpha value is -2.09. The zero-order valence-corrected chi connectivity index (χ0v) is 14.3. The summed E-state index contributed by atoms with van der Waals surface area (Å²) >= 11 is 1.51. The number of halogens is 1. The highest BCUT2D eigenvalue weighted by atomic mass is 32.2. The van der Waals surface area contributed by atoms with E-state index in [1.54, 1.807) is 0 Å². The molecule has 0 saturated heterocycles. The first-order chi connectivity index (χ1) is 11.6. The molecule has 0 atom stereocenters. The molecule has 0 spiro atoms. The number of thiazole rings is 1. The Morgan fingerprint density at radius 3 is 2.50 bits per heavy atom. The van der Waals surface area contributed by atoms with Crippen LogP contribution in [0.1, 0.15) is 5.69 Å². The standard InChI is InChI=1S/C17H15FN2O2S2/c18-15-8-4-5-9-16(15)24(21,22)19-11-10-14-12-23-17(20-14)13-6-2-1-3-7-13/h1-9,12,19H,10-11H2. The number of benzene rings is 2. The number of sulfonamides is 1. The van der Waals surface area contributed by atoms with Gasteiger partial charge in [-0.2, -0.15) is 0 Å². The average Bonchev–Trinajstić information content (AvgIpc) is 3.05. The third-order valence-electron chi connectivity index (χ3n) is 3.37.